The topological polar surface area (TPSA) is 77.5 Å². The van der Waals surface area contributed by atoms with Gasteiger partial charge in [0.15, 0.2) is 6.10 Å². The number of pyridine rings is 1. The molecule has 0 aliphatic rings. The average Bonchev–Trinajstić information content (AvgIpc) is 2.68. The Morgan fingerprint density at radius 1 is 1.15 bits per heavy atom. The zero-order valence-corrected chi connectivity index (χ0v) is 15.3. The summed E-state index contributed by atoms with van der Waals surface area (Å²) in [4.78, 5) is 28.6. The fourth-order valence-corrected chi connectivity index (χ4v) is 2.49. The Hall–Kier alpha value is -2.89. The second kappa shape index (κ2) is 9.56. The Morgan fingerprint density at radius 2 is 1.88 bits per heavy atom. The molecule has 1 heterocycles. The lowest BCUT2D eigenvalue weighted by Gasteiger charge is -2.21. The molecule has 1 N–H and O–H groups in total. The van der Waals surface area contributed by atoms with E-state index in [0.717, 1.165) is 18.4 Å². The van der Waals surface area contributed by atoms with E-state index in [1.165, 1.54) is 13.3 Å². The Labute approximate surface area is 153 Å². The van der Waals surface area contributed by atoms with Crippen molar-refractivity contribution in [1.82, 2.24) is 10.3 Å². The van der Waals surface area contributed by atoms with Gasteiger partial charge in [0.2, 0.25) is 5.88 Å². The maximum absolute atomic E-state index is 12.4. The second-order valence-corrected chi connectivity index (χ2v) is 5.90. The molecule has 0 radical (unpaired) electrons. The van der Waals surface area contributed by atoms with E-state index in [-0.39, 0.29) is 17.5 Å². The van der Waals surface area contributed by atoms with Gasteiger partial charge in [-0.25, -0.2) is 9.78 Å². The Bertz CT molecular complexity index is 716. The number of nitrogens with one attached hydrogen (secondary N) is 1. The van der Waals surface area contributed by atoms with Crippen LogP contribution in [0.25, 0.3) is 0 Å². The summed E-state index contributed by atoms with van der Waals surface area (Å²) >= 11 is 0. The Kier molecular flexibility index (Phi) is 7.14. The number of carbonyl (C=O) groups is 2. The van der Waals surface area contributed by atoms with E-state index in [1.807, 2.05) is 30.3 Å². The smallest absolute Gasteiger partial charge is 0.340 e. The molecule has 1 aromatic heterocycles. The summed E-state index contributed by atoms with van der Waals surface area (Å²) in [5.41, 5.74) is 1.29. The highest BCUT2D eigenvalue weighted by Gasteiger charge is 2.22. The molecule has 138 valence electrons. The zero-order valence-electron chi connectivity index (χ0n) is 15.3. The summed E-state index contributed by atoms with van der Waals surface area (Å²) in [6.07, 6.45) is 2.17. The van der Waals surface area contributed by atoms with Crippen LogP contribution in [0.15, 0.2) is 48.7 Å². The monoisotopic (exact) mass is 356 g/mol. The molecule has 0 aliphatic heterocycles. The highest BCUT2D eigenvalue weighted by atomic mass is 16.5. The number of hydrogen-bond donors (Lipinski definition) is 1. The molecule has 0 saturated heterocycles. The predicted octanol–water partition coefficient (Wildman–Crippen LogP) is 3.29. The molecule has 0 bridgehead atoms. The van der Waals surface area contributed by atoms with E-state index in [0.29, 0.717) is 5.88 Å². The molecule has 2 rings (SSSR count). The van der Waals surface area contributed by atoms with Crippen molar-refractivity contribution < 1.29 is 19.1 Å². The molecule has 26 heavy (non-hydrogen) atoms. The zero-order chi connectivity index (χ0) is 18.9. The first-order chi connectivity index (χ1) is 12.5. The fraction of sp³-hybridized carbons (Fsp3) is 0.350. The molecular weight excluding hydrogens is 332 g/mol. The lowest BCUT2D eigenvalue weighted by molar-refractivity contribution is -0.129. The molecular formula is C20H24N2O4. The number of nitrogens with zero attached hydrogens (tertiary/aromatic N) is 1. The number of carbonyl (C=O) groups excluding carboxylic acids is 2. The minimum absolute atomic E-state index is 0.113. The summed E-state index contributed by atoms with van der Waals surface area (Å²) in [5, 5.41) is 2.96. The van der Waals surface area contributed by atoms with Crippen LogP contribution in [0.5, 0.6) is 5.88 Å². The van der Waals surface area contributed by atoms with Crippen molar-refractivity contribution in [2.45, 2.75) is 38.8 Å². The van der Waals surface area contributed by atoms with Gasteiger partial charge in [-0.15, -0.1) is 0 Å². The maximum atomic E-state index is 12.4. The van der Waals surface area contributed by atoms with Crippen molar-refractivity contribution in [2.24, 2.45) is 0 Å². The SMILES string of the molecule is CCC[C@H](NC(=O)[C@H](C)OC(=O)c1ccc(OC)nc1)c1ccccc1. The Morgan fingerprint density at radius 3 is 2.46 bits per heavy atom. The Balaban J connectivity index is 1.97. The molecule has 6 heteroatoms. The van der Waals surface area contributed by atoms with Gasteiger partial charge in [-0.1, -0.05) is 43.7 Å². The number of methoxy groups -OCH3 is 1. The first-order valence-electron chi connectivity index (χ1n) is 8.61. The van der Waals surface area contributed by atoms with Crippen molar-refractivity contribution in [3.05, 3.63) is 59.8 Å². The number of aromatic nitrogens is 1. The van der Waals surface area contributed by atoms with Gasteiger partial charge < -0.3 is 14.8 Å². The minimum atomic E-state index is -0.910. The lowest BCUT2D eigenvalue weighted by atomic mass is 10.0. The molecule has 2 atom stereocenters. The third-order valence-corrected chi connectivity index (χ3v) is 3.93. The van der Waals surface area contributed by atoms with Gasteiger partial charge in [0.1, 0.15) is 0 Å². The van der Waals surface area contributed by atoms with Crippen molar-refractivity contribution in [1.29, 1.82) is 0 Å². The minimum Gasteiger partial charge on any atom is -0.481 e. The quantitative estimate of drug-likeness (QED) is 0.735. The molecule has 1 aromatic carbocycles. The van der Waals surface area contributed by atoms with Crippen molar-refractivity contribution in [3.8, 4) is 5.88 Å². The lowest BCUT2D eigenvalue weighted by Crippen LogP contribution is -2.38. The van der Waals surface area contributed by atoms with Crippen LogP contribution in [0.1, 0.15) is 48.7 Å². The van der Waals surface area contributed by atoms with Crippen LogP contribution in [0.2, 0.25) is 0 Å². The number of esters is 1. The number of amides is 1. The number of hydrogen-bond acceptors (Lipinski definition) is 5. The van der Waals surface area contributed by atoms with Crippen LogP contribution < -0.4 is 10.1 Å². The number of rotatable bonds is 8. The molecule has 0 aliphatic carbocycles. The molecule has 0 spiro atoms. The van der Waals surface area contributed by atoms with Gasteiger partial charge in [-0.05, 0) is 25.0 Å². The highest BCUT2D eigenvalue weighted by Crippen LogP contribution is 2.18. The molecule has 0 fully saturated rings. The summed E-state index contributed by atoms with van der Waals surface area (Å²) in [6.45, 7) is 3.61. The van der Waals surface area contributed by atoms with Gasteiger partial charge in [0.25, 0.3) is 5.91 Å². The predicted molar refractivity (Wildman–Crippen MR) is 97.9 cm³/mol. The van der Waals surface area contributed by atoms with Gasteiger partial charge >= 0.3 is 5.97 Å². The van der Waals surface area contributed by atoms with Gasteiger partial charge in [0.05, 0.1) is 18.7 Å². The number of ether oxygens (including phenoxy) is 2. The molecule has 0 saturated carbocycles. The normalized spacial score (nSPS) is 12.7. The molecule has 2 aromatic rings. The van der Waals surface area contributed by atoms with Crippen LogP contribution in [-0.2, 0) is 9.53 Å². The molecule has 6 nitrogen and oxygen atoms in total. The summed E-state index contributed by atoms with van der Waals surface area (Å²) < 4.78 is 10.2. The first kappa shape index (κ1) is 19.4. The van der Waals surface area contributed by atoms with Gasteiger partial charge in [-0.2, -0.15) is 0 Å². The van der Waals surface area contributed by atoms with E-state index < -0.39 is 12.1 Å². The van der Waals surface area contributed by atoms with Gasteiger partial charge in [0, 0.05) is 12.3 Å². The van der Waals surface area contributed by atoms with Crippen molar-refractivity contribution in [2.75, 3.05) is 7.11 Å². The van der Waals surface area contributed by atoms with E-state index in [4.69, 9.17) is 9.47 Å². The van der Waals surface area contributed by atoms with Crippen LogP contribution >= 0.6 is 0 Å². The summed E-state index contributed by atoms with van der Waals surface area (Å²) in [7, 11) is 1.49. The second-order valence-electron chi connectivity index (χ2n) is 5.90. The molecule has 1 amide bonds. The van der Waals surface area contributed by atoms with E-state index >= 15 is 0 Å². The first-order valence-corrected chi connectivity index (χ1v) is 8.61. The summed E-state index contributed by atoms with van der Waals surface area (Å²) in [6, 6.07) is 12.7. The maximum Gasteiger partial charge on any atom is 0.340 e. The van der Waals surface area contributed by atoms with Crippen molar-refractivity contribution >= 4 is 11.9 Å². The fourth-order valence-electron chi connectivity index (χ4n) is 2.49. The van der Waals surface area contributed by atoms with Crippen LogP contribution in [-0.4, -0.2) is 30.1 Å². The van der Waals surface area contributed by atoms with Crippen molar-refractivity contribution in [3.63, 3.8) is 0 Å². The molecule has 0 unspecified atom stereocenters. The van der Waals surface area contributed by atoms with Crippen LogP contribution in [0.4, 0.5) is 0 Å². The standard InChI is InChI=1S/C20H24N2O4/c1-4-8-17(15-9-6-5-7-10-15)22-19(23)14(2)26-20(24)16-11-12-18(25-3)21-13-16/h5-7,9-14,17H,4,8H2,1-3H3,(H,22,23)/t14-,17-/m0/s1. The van der Waals surface area contributed by atoms with Gasteiger partial charge in [-0.3, -0.25) is 4.79 Å². The van der Waals surface area contributed by atoms with E-state index in [9.17, 15) is 9.59 Å². The third-order valence-electron chi connectivity index (χ3n) is 3.93. The third kappa shape index (κ3) is 5.31. The van der Waals surface area contributed by atoms with Crippen LogP contribution in [0.3, 0.4) is 0 Å². The number of benzene rings is 1. The van der Waals surface area contributed by atoms with E-state index in [2.05, 4.69) is 17.2 Å². The van der Waals surface area contributed by atoms with Crippen LogP contribution in [0, 0.1) is 0 Å². The average molecular weight is 356 g/mol. The largest absolute Gasteiger partial charge is 0.481 e. The van der Waals surface area contributed by atoms with E-state index in [1.54, 1.807) is 19.1 Å². The highest BCUT2D eigenvalue weighted by molar-refractivity contribution is 5.92. The summed E-state index contributed by atoms with van der Waals surface area (Å²) in [5.74, 6) is -0.533.